The van der Waals surface area contributed by atoms with Crippen LogP contribution in [0.15, 0.2) is 29.8 Å². The fraction of sp³-hybridized carbons (Fsp3) is 0.500. The number of rotatable bonds is 8. The van der Waals surface area contributed by atoms with Gasteiger partial charge in [0.2, 0.25) is 0 Å². The van der Waals surface area contributed by atoms with Crippen LogP contribution in [0.5, 0.6) is 11.5 Å². The smallest absolute Gasteiger partial charge is 0.260 e. The van der Waals surface area contributed by atoms with Crippen LogP contribution in [0.4, 0.5) is 0 Å². The second-order valence-electron chi connectivity index (χ2n) is 6.33. The Labute approximate surface area is 149 Å². The molecule has 1 aromatic carbocycles. The molecule has 136 valence electrons. The fourth-order valence-electron chi connectivity index (χ4n) is 2.85. The van der Waals surface area contributed by atoms with E-state index in [-0.39, 0.29) is 11.7 Å². The molecule has 1 N–H and O–H groups in total. The maximum atomic E-state index is 12.2. The van der Waals surface area contributed by atoms with E-state index in [1.54, 1.807) is 25.1 Å². The Morgan fingerprint density at radius 2 is 2.04 bits per heavy atom. The lowest BCUT2D eigenvalue weighted by Crippen LogP contribution is -2.37. The zero-order valence-corrected chi connectivity index (χ0v) is 15.3. The molecule has 0 aromatic heterocycles. The molecule has 1 atom stereocenters. The van der Waals surface area contributed by atoms with Crippen LogP contribution in [-0.2, 0) is 4.79 Å². The van der Waals surface area contributed by atoms with Crippen molar-refractivity contribution in [2.75, 3.05) is 13.7 Å². The molecule has 2 rings (SSSR count). The number of ether oxygens (including phenoxy) is 2. The van der Waals surface area contributed by atoms with Crippen molar-refractivity contribution in [1.29, 1.82) is 0 Å². The molecule has 5 heteroatoms. The van der Waals surface area contributed by atoms with Gasteiger partial charge in [-0.3, -0.25) is 9.59 Å². The summed E-state index contributed by atoms with van der Waals surface area (Å²) in [6.07, 6.45) is 7.35. The first-order valence-corrected chi connectivity index (χ1v) is 8.82. The lowest BCUT2D eigenvalue weighted by molar-refractivity contribution is -0.127. The number of Topliss-reactive ketones (excluding diaryl/α,β-unsaturated/α-hetero) is 1. The maximum absolute atomic E-state index is 12.2. The Morgan fingerprint density at radius 1 is 1.24 bits per heavy atom. The van der Waals surface area contributed by atoms with Crippen LogP contribution in [0.25, 0.3) is 0 Å². The van der Waals surface area contributed by atoms with E-state index < -0.39 is 6.10 Å². The zero-order valence-electron chi connectivity index (χ0n) is 15.3. The van der Waals surface area contributed by atoms with Crippen LogP contribution in [0.1, 0.15) is 56.3 Å². The van der Waals surface area contributed by atoms with Crippen LogP contribution >= 0.6 is 0 Å². The summed E-state index contributed by atoms with van der Waals surface area (Å²) in [4.78, 5) is 23.7. The van der Waals surface area contributed by atoms with Crippen molar-refractivity contribution in [1.82, 2.24) is 5.32 Å². The van der Waals surface area contributed by atoms with E-state index in [2.05, 4.69) is 11.4 Å². The number of nitrogens with one attached hydrogen (secondary N) is 1. The Hall–Kier alpha value is -2.30. The van der Waals surface area contributed by atoms with Crippen molar-refractivity contribution in [3.63, 3.8) is 0 Å². The Balaban J connectivity index is 1.87. The molecule has 0 heterocycles. The molecule has 0 radical (unpaired) electrons. The van der Waals surface area contributed by atoms with Gasteiger partial charge in [0.15, 0.2) is 23.4 Å². The average molecular weight is 345 g/mol. The molecule has 1 aliphatic carbocycles. The molecule has 0 fully saturated rings. The van der Waals surface area contributed by atoms with Crippen LogP contribution in [0, 0.1) is 0 Å². The van der Waals surface area contributed by atoms with E-state index in [1.807, 2.05) is 0 Å². The molecule has 25 heavy (non-hydrogen) atoms. The Bertz CT molecular complexity index is 651. The average Bonchev–Trinajstić information content (AvgIpc) is 2.62. The SMILES string of the molecule is COc1cc(C(C)=O)ccc1O[C@H](C)C(=O)NCCC1=CCCCC1. The lowest BCUT2D eigenvalue weighted by atomic mass is 9.97. The summed E-state index contributed by atoms with van der Waals surface area (Å²) in [6, 6.07) is 4.95. The third-order valence-corrected chi connectivity index (χ3v) is 4.37. The van der Waals surface area contributed by atoms with E-state index >= 15 is 0 Å². The first-order chi connectivity index (χ1) is 12.0. The molecule has 0 aliphatic heterocycles. The van der Waals surface area contributed by atoms with E-state index in [0.29, 0.717) is 23.6 Å². The van der Waals surface area contributed by atoms with E-state index in [9.17, 15) is 9.59 Å². The maximum Gasteiger partial charge on any atom is 0.260 e. The topological polar surface area (TPSA) is 64.6 Å². The number of benzene rings is 1. The van der Waals surface area contributed by atoms with Gasteiger partial charge in [-0.2, -0.15) is 0 Å². The minimum absolute atomic E-state index is 0.0485. The first-order valence-electron chi connectivity index (χ1n) is 8.82. The summed E-state index contributed by atoms with van der Waals surface area (Å²) in [6.45, 7) is 3.82. The Kier molecular flexibility index (Phi) is 7.04. The highest BCUT2D eigenvalue weighted by Crippen LogP contribution is 2.29. The van der Waals surface area contributed by atoms with Gasteiger partial charge in [0.05, 0.1) is 7.11 Å². The highest BCUT2D eigenvalue weighted by atomic mass is 16.5. The number of methoxy groups -OCH3 is 1. The summed E-state index contributed by atoms with van der Waals surface area (Å²) >= 11 is 0. The second kappa shape index (κ2) is 9.25. The highest BCUT2D eigenvalue weighted by Gasteiger charge is 2.17. The standard InChI is InChI=1S/C20H27NO4/c1-14(22)17-9-10-18(19(13-17)24-3)25-15(2)20(23)21-12-11-16-7-5-4-6-8-16/h7,9-10,13,15H,4-6,8,11-12H2,1-3H3,(H,21,23)/t15-/m1/s1. The Morgan fingerprint density at radius 3 is 2.68 bits per heavy atom. The van der Waals surface area contributed by atoms with E-state index in [0.717, 1.165) is 19.3 Å². The normalized spacial score (nSPS) is 15.1. The van der Waals surface area contributed by atoms with Crippen molar-refractivity contribution < 1.29 is 19.1 Å². The molecule has 1 aliphatic rings. The molecule has 0 unspecified atom stereocenters. The first kappa shape index (κ1) is 19.0. The van der Waals surface area contributed by atoms with Gasteiger partial charge in [0.25, 0.3) is 5.91 Å². The van der Waals surface area contributed by atoms with Gasteiger partial charge in [-0.15, -0.1) is 0 Å². The number of allylic oxidation sites excluding steroid dienone is 1. The molecular weight excluding hydrogens is 318 g/mol. The number of hydrogen-bond acceptors (Lipinski definition) is 4. The van der Waals surface area contributed by atoms with Crippen molar-refractivity contribution >= 4 is 11.7 Å². The molecule has 5 nitrogen and oxygen atoms in total. The van der Waals surface area contributed by atoms with Crippen molar-refractivity contribution in [2.45, 2.75) is 52.1 Å². The van der Waals surface area contributed by atoms with Crippen molar-refractivity contribution in [3.8, 4) is 11.5 Å². The number of carbonyl (C=O) groups excluding carboxylic acids is 2. The summed E-state index contributed by atoms with van der Waals surface area (Å²) in [5.41, 5.74) is 1.98. The van der Waals surface area contributed by atoms with Crippen LogP contribution in [0.3, 0.4) is 0 Å². The number of amides is 1. The molecule has 0 saturated heterocycles. The van der Waals surface area contributed by atoms with Crippen LogP contribution < -0.4 is 14.8 Å². The highest BCUT2D eigenvalue weighted by molar-refractivity contribution is 5.94. The number of ketones is 1. The summed E-state index contributed by atoms with van der Waals surface area (Å²) in [5, 5.41) is 2.92. The number of hydrogen-bond donors (Lipinski definition) is 1. The molecule has 0 saturated carbocycles. The molecule has 1 aromatic rings. The van der Waals surface area contributed by atoms with Gasteiger partial charge in [0, 0.05) is 12.1 Å². The largest absolute Gasteiger partial charge is 0.493 e. The van der Waals surface area contributed by atoms with Gasteiger partial charge < -0.3 is 14.8 Å². The van der Waals surface area contributed by atoms with Crippen LogP contribution in [-0.4, -0.2) is 31.4 Å². The molecule has 0 bridgehead atoms. The van der Waals surface area contributed by atoms with Crippen LogP contribution in [0.2, 0.25) is 0 Å². The third kappa shape index (κ3) is 5.62. The van der Waals surface area contributed by atoms with E-state index in [4.69, 9.17) is 9.47 Å². The van der Waals surface area contributed by atoms with Gasteiger partial charge >= 0.3 is 0 Å². The van der Waals surface area contributed by atoms with Gasteiger partial charge in [-0.05, 0) is 64.2 Å². The summed E-state index contributed by atoms with van der Waals surface area (Å²) in [5.74, 6) is 0.687. The minimum Gasteiger partial charge on any atom is -0.493 e. The quantitative estimate of drug-likeness (QED) is 0.577. The van der Waals surface area contributed by atoms with Crippen molar-refractivity contribution in [2.24, 2.45) is 0 Å². The predicted octanol–water partition coefficient (Wildman–Crippen LogP) is 3.67. The fourth-order valence-corrected chi connectivity index (χ4v) is 2.85. The third-order valence-electron chi connectivity index (χ3n) is 4.37. The molecule has 1 amide bonds. The second-order valence-corrected chi connectivity index (χ2v) is 6.33. The predicted molar refractivity (Wildman–Crippen MR) is 97.3 cm³/mol. The van der Waals surface area contributed by atoms with E-state index in [1.165, 1.54) is 32.4 Å². The van der Waals surface area contributed by atoms with Gasteiger partial charge in [-0.25, -0.2) is 0 Å². The lowest BCUT2D eigenvalue weighted by Gasteiger charge is -2.18. The minimum atomic E-state index is -0.641. The number of carbonyl (C=O) groups is 2. The summed E-state index contributed by atoms with van der Waals surface area (Å²) in [7, 11) is 1.51. The zero-order chi connectivity index (χ0) is 18.2. The van der Waals surface area contributed by atoms with Gasteiger partial charge in [-0.1, -0.05) is 11.6 Å². The monoisotopic (exact) mass is 345 g/mol. The van der Waals surface area contributed by atoms with Gasteiger partial charge in [0.1, 0.15) is 0 Å². The van der Waals surface area contributed by atoms with Crippen molar-refractivity contribution in [3.05, 3.63) is 35.4 Å². The molecular formula is C20H27NO4. The molecule has 0 spiro atoms. The summed E-state index contributed by atoms with van der Waals surface area (Å²) < 4.78 is 11.0.